The monoisotopic (exact) mass is 602 g/mol. The lowest BCUT2D eigenvalue weighted by atomic mass is 10.1. The minimum absolute atomic E-state index is 0.0645. The van der Waals surface area contributed by atoms with Crippen molar-refractivity contribution >= 4 is 55.7 Å². The molecule has 12 heteroatoms. The van der Waals surface area contributed by atoms with E-state index >= 15 is 0 Å². The number of halogens is 1. The first-order valence-electron chi connectivity index (χ1n) is 11.7. The molecule has 1 amide bonds. The number of non-ortho nitro benzene ring substituents is 1. The van der Waals surface area contributed by atoms with Gasteiger partial charge in [0.15, 0.2) is 11.5 Å². The molecule has 0 aliphatic rings. The second kappa shape index (κ2) is 12.1. The highest BCUT2D eigenvalue weighted by atomic mass is 79.9. The van der Waals surface area contributed by atoms with Crippen LogP contribution in [0.15, 0.2) is 82.8 Å². The smallest absolute Gasteiger partial charge is 0.318 e. The fraction of sp³-hybridized carbons (Fsp3) is 0.0714. The van der Waals surface area contributed by atoms with Gasteiger partial charge in [-0.3, -0.25) is 25.0 Å². The highest BCUT2D eigenvalue weighted by molar-refractivity contribution is 9.10. The first-order chi connectivity index (χ1) is 19.2. The van der Waals surface area contributed by atoms with E-state index in [9.17, 15) is 30.3 Å². The normalized spacial score (nSPS) is 11.0. The average Bonchev–Trinajstić information content (AvgIpc) is 2.93. The third-order valence-electron chi connectivity index (χ3n) is 5.61. The predicted octanol–water partition coefficient (Wildman–Crippen LogP) is 7.16. The Hall–Kier alpha value is -5.28. The molecule has 0 aromatic heterocycles. The van der Waals surface area contributed by atoms with Crippen LogP contribution >= 0.6 is 15.9 Å². The lowest BCUT2D eigenvalue weighted by Gasteiger charge is -2.15. The van der Waals surface area contributed by atoms with Crippen LogP contribution in [0, 0.1) is 31.6 Å². The van der Waals surface area contributed by atoms with Crippen molar-refractivity contribution in [2.75, 3.05) is 11.9 Å². The Kier molecular flexibility index (Phi) is 8.36. The number of nitrogens with one attached hydrogen (secondary N) is 1. The van der Waals surface area contributed by atoms with Crippen LogP contribution in [0.25, 0.3) is 16.8 Å². The van der Waals surface area contributed by atoms with E-state index in [1.165, 1.54) is 18.2 Å². The number of carbonyl (C=O) groups is 1. The molecule has 4 rings (SSSR count). The number of nitro benzene ring substituents is 2. The summed E-state index contributed by atoms with van der Waals surface area (Å²) < 4.78 is 11.7. The topological polar surface area (TPSA) is 158 Å². The minimum atomic E-state index is -0.790. The number of nitrogens with zero attached hydrogens (tertiary/aromatic N) is 3. The Morgan fingerprint density at radius 1 is 1.02 bits per heavy atom. The molecule has 0 aliphatic heterocycles. The van der Waals surface area contributed by atoms with Crippen LogP contribution in [0.1, 0.15) is 12.5 Å². The summed E-state index contributed by atoms with van der Waals surface area (Å²) in [6, 6.07) is 20.9. The Balaban J connectivity index is 1.68. The van der Waals surface area contributed by atoms with Gasteiger partial charge >= 0.3 is 5.69 Å². The number of fused-ring (bicyclic) bond motifs is 1. The first kappa shape index (κ1) is 27.7. The highest BCUT2D eigenvalue weighted by Crippen LogP contribution is 2.43. The fourth-order valence-electron chi connectivity index (χ4n) is 3.83. The summed E-state index contributed by atoms with van der Waals surface area (Å²) in [6.07, 6.45) is 1.37. The number of anilines is 1. The van der Waals surface area contributed by atoms with Crippen molar-refractivity contribution in [1.29, 1.82) is 5.26 Å². The summed E-state index contributed by atoms with van der Waals surface area (Å²) in [7, 11) is 0. The number of carbonyl (C=O) groups excluding carboxylic acids is 1. The second-order valence-corrected chi connectivity index (χ2v) is 9.04. The zero-order valence-electron chi connectivity index (χ0n) is 20.8. The predicted molar refractivity (Wildman–Crippen MR) is 151 cm³/mol. The van der Waals surface area contributed by atoms with Gasteiger partial charge in [0.2, 0.25) is 5.75 Å². The van der Waals surface area contributed by atoms with Gasteiger partial charge in [0.05, 0.1) is 27.0 Å². The standard InChI is InChI=1S/C28H19BrN4O7/c1-2-39-26-14-17(12-19(16-30)28(34)31-23-9-5-7-18-6-3-4-8-21(18)23)13-22(29)27(26)40-25-11-10-20(32(35)36)15-24(25)33(37)38/h3-15H,2H2,1H3,(H,31,34)/b19-12+. The van der Waals surface area contributed by atoms with Crippen molar-refractivity contribution in [3.63, 3.8) is 0 Å². The van der Waals surface area contributed by atoms with Crippen LogP contribution in [-0.2, 0) is 4.79 Å². The molecule has 0 saturated carbocycles. The molecule has 4 aromatic carbocycles. The van der Waals surface area contributed by atoms with Crippen LogP contribution in [-0.4, -0.2) is 22.4 Å². The maximum atomic E-state index is 13.0. The van der Waals surface area contributed by atoms with Crippen molar-refractivity contribution in [2.45, 2.75) is 6.92 Å². The maximum Gasteiger partial charge on any atom is 0.318 e. The number of ether oxygens (including phenoxy) is 2. The Labute approximate surface area is 235 Å². The molecule has 0 saturated heterocycles. The summed E-state index contributed by atoms with van der Waals surface area (Å²) in [4.78, 5) is 34.0. The van der Waals surface area contributed by atoms with Gasteiger partial charge in [-0.1, -0.05) is 36.4 Å². The lowest BCUT2D eigenvalue weighted by Crippen LogP contribution is -2.13. The summed E-state index contributed by atoms with van der Waals surface area (Å²) in [5.74, 6) is -0.639. The minimum Gasteiger partial charge on any atom is -0.490 e. The van der Waals surface area contributed by atoms with E-state index in [0.717, 1.165) is 29.0 Å². The molecule has 0 fully saturated rings. The summed E-state index contributed by atoms with van der Waals surface area (Å²) in [5, 5.41) is 36.8. The molecular weight excluding hydrogens is 584 g/mol. The average molecular weight is 603 g/mol. The molecule has 0 aliphatic carbocycles. The van der Waals surface area contributed by atoms with E-state index in [-0.39, 0.29) is 29.4 Å². The van der Waals surface area contributed by atoms with Gasteiger partial charge in [0.1, 0.15) is 11.6 Å². The zero-order chi connectivity index (χ0) is 28.8. The van der Waals surface area contributed by atoms with Crippen LogP contribution in [0.2, 0.25) is 0 Å². The number of hydrogen-bond donors (Lipinski definition) is 1. The van der Waals surface area contributed by atoms with Gasteiger partial charge in [0, 0.05) is 17.1 Å². The van der Waals surface area contributed by atoms with E-state index in [1.54, 1.807) is 19.1 Å². The molecular formula is C28H19BrN4O7. The number of benzene rings is 4. The van der Waals surface area contributed by atoms with Crippen LogP contribution in [0.3, 0.4) is 0 Å². The summed E-state index contributed by atoms with van der Waals surface area (Å²) >= 11 is 3.36. The number of nitro groups is 2. The number of amides is 1. The summed E-state index contributed by atoms with van der Waals surface area (Å²) in [5.41, 5.74) is -0.292. The SMILES string of the molecule is CCOc1cc(/C=C(\C#N)C(=O)Nc2cccc3ccccc23)cc(Br)c1Oc1ccc([N+](=O)[O-])cc1[N+](=O)[O-]. The second-order valence-electron chi connectivity index (χ2n) is 8.18. The van der Waals surface area contributed by atoms with Crippen molar-refractivity contribution in [3.8, 4) is 23.3 Å². The van der Waals surface area contributed by atoms with Gasteiger partial charge in [-0.05, 0) is 64.1 Å². The van der Waals surface area contributed by atoms with Crippen LogP contribution in [0.5, 0.6) is 17.2 Å². The molecule has 11 nitrogen and oxygen atoms in total. The third kappa shape index (κ3) is 6.06. The lowest BCUT2D eigenvalue weighted by molar-refractivity contribution is -0.394. The van der Waals surface area contributed by atoms with E-state index in [0.29, 0.717) is 15.7 Å². The highest BCUT2D eigenvalue weighted by Gasteiger charge is 2.24. The van der Waals surface area contributed by atoms with Gasteiger partial charge < -0.3 is 14.8 Å². The number of nitriles is 1. The molecule has 0 bridgehead atoms. The van der Waals surface area contributed by atoms with Crippen LogP contribution in [0.4, 0.5) is 17.1 Å². The van der Waals surface area contributed by atoms with Gasteiger partial charge in [-0.15, -0.1) is 0 Å². The van der Waals surface area contributed by atoms with E-state index in [4.69, 9.17) is 9.47 Å². The van der Waals surface area contributed by atoms with E-state index < -0.39 is 27.1 Å². The van der Waals surface area contributed by atoms with Crippen molar-refractivity contribution in [1.82, 2.24) is 0 Å². The van der Waals surface area contributed by atoms with Gasteiger partial charge in [-0.2, -0.15) is 5.26 Å². The fourth-order valence-corrected chi connectivity index (χ4v) is 4.37. The molecule has 0 heterocycles. The van der Waals surface area contributed by atoms with E-state index in [2.05, 4.69) is 21.2 Å². The van der Waals surface area contributed by atoms with Gasteiger partial charge in [-0.25, -0.2) is 0 Å². The molecule has 1 N–H and O–H groups in total. The molecule has 0 unspecified atom stereocenters. The quantitative estimate of drug-likeness (QED) is 0.0914. The van der Waals surface area contributed by atoms with Crippen molar-refractivity contribution in [2.24, 2.45) is 0 Å². The molecule has 4 aromatic rings. The van der Waals surface area contributed by atoms with Crippen LogP contribution < -0.4 is 14.8 Å². The Morgan fingerprint density at radius 3 is 2.48 bits per heavy atom. The zero-order valence-corrected chi connectivity index (χ0v) is 22.4. The Bertz CT molecular complexity index is 1720. The number of hydrogen-bond acceptors (Lipinski definition) is 8. The summed E-state index contributed by atoms with van der Waals surface area (Å²) in [6.45, 7) is 1.91. The molecule has 0 atom stereocenters. The van der Waals surface area contributed by atoms with Crippen molar-refractivity contribution in [3.05, 3.63) is 109 Å². The van der Waals surface area contributed by atoms with Crippen molar-refractivity contribution < 1.29 is 24.1 Å². The van der Waals surface area contributed by atoms with Gasteiger partial charge in [0.25, 0.3) is 11.6 Å². The molecule has 40 heavy (non-hydrogen) atoms. The molecule has 0 spiro atoms. The largest absolute Gasteiger partial charge is 0.490 e. The first-order valence-corrected chi connectivity index (χ1v) is 12.5. The maximum absolute atomic E-state index is 13.0. The third-order valence-corrected chi connectivity index (χ3v) is 6.20. The molecule has 200 valence electrons. The van der Waals surface area contributed by atoms with E-state index in [1.807, 2.05) is 36.4 Å². The Morgan fingerprint density at radius 2 is 1.77 bits per heavy atom. The number of rotatable bonds is 9. The molecule has 0 radical (unpaired) electrons.